The van der Waals surface area contributed by atoms with Crippen molar-refractivity contribution in [3.05, 3.63) is 29.8 Å². The van der Waals surface area contributed by atoms with Crippen LogP contribution in [-0.2, 0) is 4.74 Å². The lowest BCUT2D eigenvalue weighted by atomic mass is 10.2. The molecule has 0 spiro atoms. The monoisotopic (exact) mass is 362 g/mol. The lowest BCUT2D eigenvalue weighted by Crippen LogP contribution is -2.47. The smallest absolute Gasteiger partial charge is 0.191 e. The maximum atomic E-state index is 6.01. The molecule has 0 amide bonds. The van der Waals surface area contributed by atoms with Crippen molar-refractivity contribution in [2.75, 3.05) is 46.9 Å². The van der Waals surface area contributed by atoms with Crippen LogP contribution in [0.25, 0.3) is 0 Å². The summed E-state index contributed by atoms with van der Waals surface area (Å²) in [5.41, 5.74) is 1.15. The van der Waals surface area contributed by atoms with Crippen LogP contribution in [0, 0.1) is 6.92 Å². The molecule has 1 aromatic carbocycles. The van der Waals surface area contributed by atoms with Gasteiger partial charge in [-0.05, 0) is 44.9 Å². The summed E-state index contributed by atoms with van der Waals surface area (Å²) >= 11 is 0. The molecule has 1 aliphatic heterocycles. The number of benzene rings is 1. The molecular weight excluding hydrogens is 328 g/mol. The molecule has 146 valence electrons. The first kappa shape index (κ1) is 20.5. The van der Waals surface area contributed by atoms with Gasteiger partial charge >= 0.3 is 0 Å². The molecule has 6 nitrogen and oxygen atoms in total. The van der Waals surface area contributed by atoms with Gasteiger partial charge in [-0.1, -0.05) is 18.2 Å². The minimum atomic E-state index is 0.0549. The topological polar surface area (TPSA) is 58.1 Å². The molecule has 26 heavy (non-hydrogen) atoms. The van der Waals surface area contributed by atoms with Gasteiger partial charge in [0, 0.05) is 33.3 Å². The van der Waals surface area contributed by atoms with E-state index < -0.39 is 0 Å². The van der Waals surface area contributed by atoms with E-state index in [0.29, 0.717) is 12.6 Å². The number of aliphatic imine (C=N–C) groups is 1. The quantitative estimate of drug-likeness (QED) is 0.520. The Hall–Kier alpha value is -1.79. The van der Waals surface area contributed by atoms with E-state index in [2.05, 4.69) is 40.4 Å². The number of nitrogens with zero attached hydrogens (tertiary/aromatic N) is 2. The third kappa shape index (κ3) is 6.50. The lowest BCUT2D eigenvalue weighted by molar-refractivity contribution is 0.141. The molecule has 2 rings (SSSR count). The number of aryl methyl sites for hydroxylation is 1. The molecule has 0 aliphatic carbocycles. The van der Waals surface area contributed by atoms with Crippen LogP contribution >= 0.6 is 0 Å². The summed E-state index contributed by atoms with van der Waals surface area (Å²) < 4.78 is 11.2. The van der Waals surface area contributed by atoms with Crippen molar-refractivity contribution in [3.63, 3.8) is 0 Å². The van der Waals surface area contributed by atoms with Gasteiger partial charge in [0.25, 0.3) is 0 Å². The fourth-order valence-electron chi connectivity index (χ4n) is 3.25. The van der Waals surface area contributed by atoms with Crippen molar-refractivity contribution >= 4 is 5.96 Å². The third-order valence-corrected chi connectivity index (χ3v) is 4.79. The van der Waals surface area contributed by atoms with Crippen molar-refractivity contribution < 1.29 is 9.47 Å². The van der Waals surface area contributed by atoms with Gasteiger partial charge in [0.05, 0.1) is 13.2 Å². The van der Waals surface area contributed by atoms with Crippen molar-refractivity contribution in [1.82, 2.24) is 15.5 Å². The van der Waals surface area contributed by atoms with Crippen LogP contribution in [0.15, 0.2) is 29.3 Å². The molecule has 1 heterocycles. The Labute approximate surface area is 158 Å². The van der Waals surface area contributed by atoms with Crippen LogP contribution in [-0.4, -0.2) is 69.9 Å². The van der Waals surface area contributed by atoms with Gasteiger partial charge in [0.15, 0.2) is 5.96 Å². The maximum absolute atomic E-state index is 6.01. The first-order chi connectivity index (χ1) is 12.6. The predicted molar refractivity (Wildman–Crippen MR) is 107 cm³/mol. The SMILES string of the molecule is CN=C(NCC(C)Oc1ccccc1C)NCC1CCCN1CCOC. The van der Waals surface area contributed by atoms with Crippen LogP contribution in [0.2, 0.25) is 0 Å². The van der Waals surface area contributed by atoms with Crippen LogP contribution < -0.4 is 15.4 Å². The number of ether oxygens (including phenoxy) is 2. The fraction of sp³-hybridized carbons (Fsp3) is 0.650. The molecule has 2 unspecified atom stereocenters. The molecule has 0 radical (unpaired) electrons. The zero-order chi connectivity index (χ0) is 18.8. The number of rotatable bonds is 9. The number of hydrogen-bond acceptors (Lipinski definition) is 4. The molecule has 0 saturated carbocycles. The number of guanidine groups is 1. The molecule has 2 N–H and O–H groups in total. The van der Waals surface area contributed by atoms with Gasteiger partial charge in [-0.15, -0.1) is 0 Å². The van der Waals surface area contributed by atoms with Gasteiger partial charge in [0.2, 0.25) is 0 Å². The largest absolute Gasteiger partial charge is 0.489 e. The summed E-state index contributed by atoms with van der Waals surface area (Å²) in [5.74, 6) is 1.76. The zero-order valence-corrected chi connectivity index (χ0v) is 16.6. The Kier molecular flexibility index (Phi) is 8.71. The summed E-state index contributed by atoms with van der Waals surface area (Å²) in [4.78, 5) is 6.82. The second kappa shape index (κ2) is 11.0. The van der Waals surface area contributed by atoms with Crippen molar-refractivity contribution in [1.29, 1.82) is 0 Å². The van der Waals surface area contributed by atoms with Crippen LogP contribution in [0.4, 0.5) is 0 Å². The Bertz CT molecular complexity index is 564. The van der Waals surface area contributed by atoms with E-state index >= 15 is 0 Å². The Balaban J connectivity index is 1.72. The summed E-state index contributed by atoms with van der Waals surface area (Å²) in [7, 11) is 3.56. The first-order valence-corrected chi connectivity index (χ1v) is 9.53. The molecule has 1 aromatic rings. The van der Waals surface area contributed by atoms with Crippen molar-refractivity contribution in [3.8, 4) is 5.75 Å². The standard InChI is InChI=1S/C20H34N4O2/c1-16-8-5-6-10-19(16)26-17(2)14-22-20(21-3)23-15-18-9-7-11-24(18)12-13-25-4/h5-6,8,10,17-18H,7,9,11-15H2,1-4H3,(H2,21,22,23). The van der Waals surface area contributed by atoms with E-state index in [9.17, 15) is 0 Å². The highest BCUT2D eigenvalue weighted by Crippen LogP contribution is 2.17. The van der Waals surface area contributed by atoms with E-state index in [1.807, 2.05) is 18.2 Å². The molecule has 6 heteroatoms. The normalized spacial score (nSPS) is 19.4. The molecule has 2 atom stereocenters. The number of likely N-dealkylation sites (tertiary alicyclic amines) is 1. The highest BCUT2D eigenvalue weighted by atomic mass is 16.5. The number of methoxy groups -OCH3 is 1. The number of hydrogen-bond donors (Lipinski definition) is 2. The number of para-hydroxylation sites is 1. The van der Waals surface area contributed by atoms with E-state index in [0.717, 1.165) is 43.5 Å². The molecule has 0 aromatic heterocycles. The van der Waals surface area contributed by atoms with Crippen LogP contribution in [0.5, 0.6) is 5.75 Å². The summed E-state index contributed by atoms with van der Waals surface area (Å²) in [6.45, 7) is 8.67. The van der Waals surface area contributed by atoms with Gasteiger partial charge in [-0.2, -0.15) is 0 Å². The second-order valence-electron chi connectivity index (χ2n) is 6.85. The fourth-order valence-corrected chi connectivity index (χ4v) is 3.25. The maximum Gasteiger partial charge on any atom is 0.191 e. The molecule has 1 fully saturated rings. The van der Waals surface area contributed by atoms with E-state index in [-0.39, 0.29) is 6.10 Å². The molecule has 1 aliphatic rings. The highest BCUT2D eigenvalue weighted by molar-refractivity contribution is 5.79. The van der Waals surface area contributed by atoms with Crippen LogP contribution in [0.3, 0.4) is 0 Å². The zero-order valence-electron chi connectivity index (χ0n) is 16.6. The van der Waals surface area contributed by atoms with Gasteiger partial charge in [-0.3, -0.25) is 9.89 Å². The minimum absolute atomic E-state index is 0.0549. The van der Waals surface area contributed by atoms with Crippen molar-refractivity contribution in [2.24, 2.45) is 4.99 Å². The number of nitrogens with one attached hydrogen (secondary N) is 2. The van der Waals surface area contributed by atoms with Gasteiger partial charge in [0.1, 0.15) is 11.9 Å². The Morgan fingerprint density at radius 1 is 1.35 bits per heavy atom. The lowest BCUT2D eigenvalue weighted by Gasteiger charge is -2.25. The predicted octanol–water partition coefficient (Wildman–Crippen LogP) is 2.04. The van der Waals surface area contributed by atoms with E-state index in [1.165, 1.54) is 12.8 Å². The highest BCUT2D eigenvalue weighted by Gasteiger charge is 2.24. The van der Waals surface area contributed by atoms with Crippen molar-refractivity contribution in [2.45, 2.75) is 38.8 Å². The third-order valence-electron chi connectivity index (χ3n) is 4.79. The first-order valence-electron chi connectivity index (χ1n) is 9.53. The van der Waals surface area contributed by atoms with E-state index in [4.69, 9.17) is 9.47 Å². The van der Waals surface area contributed by atoms with Gasteiger partial charge < -0.3 is 20.1 Å². The molecule has 1 saturated heterocycles. The summed E-state index contributed by atoms with van der Waals surface area (Å²) in [5, 5.41) is 6.81. The van der Waals surface area contributed by atoms with E-state index in [1.54, 1.807) is 14.2 Å². The molecule has 0 bridgehead atoms. The molecular formula is C20H34N4O2. The Morgan fingerprint density at radius 3 is 2.88 bits per heavy atom. The average Bonchev–Trinajstić information content (AvgIpc) is 3.09. The second-order valence-corrected chi connectivity index (χ2v) is 6.85. The minimum Gasteiger partial charge on any atom is -0.489 e. The Morgan fingerprint density at radius 2 is 2.15 bits per heavy atom. The summed E-state index contributed by atoms with van der Waals surface area (Å²) in [6.07, 6.45) is 2.53. The summed E-state index contributed by atoms with van der Waals surface area (Å²) in [6, 6.07) is 8.64. The van der Waals surface area contributed by atoms with Gasteiger partial charge in [-0.25, -0.2) is 0 Å². The average molecular weight is 363 g/mol. The van der Waals surface area contributed by atoms with Crippen LogP contribution in [0.1, 0.15) is 25.3 Å².